The summed E-state index contributed by atoms with van der Waals surface area (Å²) in [6, 6.07) is 8.08. The van der Waals surface area contributed by atoms with E-state index in [2.05, 4.69) is 40.1 Å². The molecule has 2 rings (SSSR count). The van der Waals surface area contributed by atoms with Crippen molar-refractivity contribution in [3.05, 3.63) is 46.2 Å². The van der Waals surface area contributed by atoms with E-state index in [9.17, 15) is 0 Å². The summed E-state index contributed by atoms with van der Waals surface area (Å²) in [7, 11) is 0. The second kappa shape index (κ2) is 4.16. The Labute approximate surface area is 97.0 Å². The summed E-state index contributed by atoms with van der Waals surface area (Å²) in [5.74, 6) is 0. The molecule has 0 atom stereocenters. The van der Waals surface area contributed by atoms with Gasteiger partial charge >= 0.3 is 0 Å². The van der Waals surface area contributed by atoms with Gasteiger partial charge in [0.15, 0.2) is 0 Å². The zero-order valence-electron chi connectivity index (χ0n) is 8.44. The third-order valence-corrected chi connectivity index (χ3v) is 2.87. The zero-order chi connectivity index (χ0) is 10.8. The number of nitrogens with zero attached hydrogens (tertiary/aromatic N) is 2. The molecule has 0 aliphatic rings. The van der Waals surface area contributed by atoms with Crippen molar-refractivity contribution in [1.29, 1.82) is 0 Å². The molecule has 1 aromatic carbocycles. The van der Waals surface area contributed by atoms with Crippen LogP contribution in [-0.4, -0.2) is 9.78 Å². The Hall–Kier alpha value is -1.13. The first-order valence-electron chi connectivity index (χ1n) is 4.72. The summed E-state index contributed by atoms with van der Waals surface area (Å²) < 4.78 is 2.86. The van der Waals surface area contributed by atoms with E-state index in [1.807, 2.05) is 23.0 Å². The van der Waals surface area contributed by atoms with Crippen molar-refractivity contribution in [2.75, 3.05) is 0 Å². The fraction of sp³-hybridized carbons (Fsp3) is 0.182. The Balaban J connectivity index is 2.48. The number of benzene rings is 1. The van der Waals surface area contributed by atoms with Crippen LogP contribution in [0.15, 0.2) is 34.9 Å². The van der Waals surface area contributed by atoms with Gasteiger partial charge in [0, 0.05) is 17.2 Å². The minimum Gasteiger partial charge on any atom is -0.325 e. The van der Waals surface area contributed by atoms with Gasteiger partial charge in [0.25, 0.3) is 0 Å². The van der Waals surface area contributed by atoms with Crippen LogP contribution in [0.3, 0.4) is 0 Å². The fourth-order valence-corrected chi connectivity index (χ4v) is 1.83. The highest BCUT2D eigenvalue weighted by molar-refractivity contribution is 9.10. The minimum absolute atomic E-state index is 0.469. The molecule has 2 N–H and O–H groups in total. The SMILES string of the molecule is Cc1ccc(Br)c(-n2ccc(CN)n2)c1. The van der Waals surface area contributed by atoms with Crippen molar-refractivity contribution >= 4 is 15.9 Å². The van der Waals surface area contributed by atoms with Crippen LogP contribution in [-0.2, 0) is 6.54 Å². The molecule has 0 aliphatic carbocycles. The lowest BCUT2D eigenvalue weighted by molar-refractivity contribution is 0.830. The molecule has 0 aliphatic heterocycles. The van der Waals surface area contributed by atoms with Crippen LogP contribution in [0.2, 0.25) is 0 Å². The highest BCUT2D eigenvalue weighted by Crippen LogP contribution is 2.21. The molecule has 1 heterocycles. The van der Waals surface area contributed by atoms with E-state index in [-0.39, 0.29) is 0 Å². The average molecular weight is 266 g/mol. The van der Waals surface area contributed by atoms with Gasteiger partial charge in [0.2, 0.25) is 0 Å². The van der Waals surface area contributed by atoms with E-state index >= 15 is 0 Å². The molecule has 0 fully saturated rings. The number of aryl methyl sites for hydroxylation is 1. The molecule has 1 aromatic heterocycles. The number of hydrogen-bond acceptors (Lipinski definition) is 2. The van der Waals surface area contributed by atoms with Crippen LogP contribution in [0, 0.1) is 6.92 Å². The van der Waals surface area contributed by atoms with E-state index in [1.54, 1.807) is 0 Å². The maximum Gasteiger partial charge on any atom is 0.0790 e. The third kappa shape index (κ3) is 2.11. The highest BCUT2D eigenvalue weighted by Gasteiger charge is 2.04. The zero-order valence-corrected chi connectivity index (χ0v) is 10.0. The van der Waals surface area contributed by atoms with E-state index in [4.69, 9.17) is 5.73 Å². The lowest BCUT2D eigenvalue weighted by Crippen LogP contribution is -2.01. The molecule has 3 nitrogen and oxygen atoms in total. The van der Waals surface area contributed by atoms with Gasteiger partial charge in [0.1, 0.15) is 0 Å². The van der Waals surface area contributed by atoms with Gasteiger partial charge in [-0.2, -0.15) is 5.10 Å². The Morgan fingerprint density at radius 2 is 2.20 bits per heavy atom. The number of nitrogens with two attached hydrogens (primary N) is 1. The van der Waals surface area contributed by atoms with Crippen molar-refractivity contribution < 1.29 is 0 Å². The normalized spacial score (nSPS) is 10.6. The molecular formula is C11H12BrN3. The Bertz CT molecular complexity index is 476. The Morgan fingerprint density at radius 1 is 1.40 bits per heavy atom. The van der Waals surface area contributed by atoms with Crippen molar-refractivity contribution in [1.82, 2.24) is 9.78 Å². The topological polar surface area (TPSA) is 43.8 Å². The molecule has 78 valence electrons. The van der Waals surface area contributed by atoms with Gasteiger partial charge in [0.05, 0.1) is 11.4 Å². The number of hydrogen-bond donors (Lipinski definition) is 1. The largest absolute Gasteiger partial charge is 0.325 e. The first-order valence-corrected chi connectivity index (χ1v) is 5.51. The number of rotatable bonds is 2. The number of aromatic nitrogens is 2. The van der Waals surface area contributed by atoms with Gasteiger partial charge in [-0.1, -0.05) is 6.07 Å². The number of halogens is 1. The van der Waals surface area contributed by atoms with Gasteiger partial charge in [-0.15, -0.1) is 0 Å². The summed E-state index contributed by atoms with van der Waals surface area (Å²) in [6.45, 7) is 2.53. The lowest BCUT2D eigenvalue weighted by atomic mass is 10.2. The molecule has 0 amide bonds. The first-order chi connectivity index (χ1) is 7.20. The molecule has 0 spiro atoms. The average Bonchev–Trinajstić information content (AvgIpc) is 2.70. The van der Waals surface area contributed by atoms with E-state index in [0.717, 1.165) is 15.9 Å². The quantitative estimate of drug-likeness (QED) is 0.907. The Morgan fingerprint density at radius 3 is 2.87 bits per heavy atom. The monoisotopic (exact) mass is 265 g/mol. The van der Waals surface area contributed by atoms with Gasteiger partial charge in [-0.05, 0) is 46.6 Å². The molecule has 0 saturated carbocycles. The van der Waals surface area contributed by atoms with Crippen LogP contribution in [0.5, 0.6) is 0 Å². The Kier molecular flexibility index (Phi) is 2.88. The smallest absolute Gasteiger partial charge is 0.0790 e. The predicted octanol–water partition coefficient (Wildman–Crippen LogP) is 2.40. The van der Waals surface area contributed by atoms with Crippen LogP contribution in [0.1, 0.15) is 11.3 Å². The van der Waals surface area contributed by atoms with Crippen molar-refractivity contribution in [2.45, 2.75) is 13.5 Å². The molecular weight excluding hydrogens is 254 g/mol. The molecule has 15 heavy (non-hydrogen) atoms. The van der Waals surface area contributed by atoms with Crippen molar-refractivity contribution in [3.8, 4) is 5.69 Å². The van der Waals surface area contributed by atoms with E-state index in [0.29, 0.717) is 6.54 Å². The highest BCUT2D eigenvalue weighted by atomic mass is 79.9. The molecule has 0 saturated heterocycles. The minimum atomic E-state index is 0.469. The first kappa shape index (κ1) is 10.4. The van der Waals surface area contributed by atoms with Crippen LogP contribution >= 0.6 is 15.9 Å². The summed E-state index contributed by atoms with van der Waals surface area (Å²) >= 11 is 3.51. The second-order valence-electron chi connectivity index (χ2n) is 3.41. The van der Waals surface area contributed by atoms with Gasteiger partial charge < -0.3 is 5.73 Å². The maximum absolute atomic E-state index is 5.52. The van der Waals surface area contributed by atoms with Gasteiger partial charge in [-0.25, -0.2) is 4.68 Å². The fourth-order valence-electron chi connectivity index (χ4n) is 1.40. The standard InChI is InChI=1S/C11H12BrN3/c1-8-2-3-10(12)11(6-8)15-5-4-9(7-13)14-15/h2-6H,7,13H2,1H3. The van der Waals surface area contributed by atoms with Crippen molar-refractivity contribution in [2.24, 2.45) is 5.73 Å². The van der Waals surface area contributed by atoms with Crippen LogP contribution < -0.4 is 5.73 Å². The molecule has 0 bridgehead atoms. The third-order valence-electron chi connectivity index (χ3n) is 2.20. The van der Waals surface area contributed by atoms with E-state index in [1.165, 1.54) is 5.56 Å². The molecule has 4 heteroatoms. The molecule has 0 unspecified atom stereocenters. The summed E-state index contributed by atoms with van der Waals surface area (Å²) in [5, 5.41) is 4.36. The van der Waals surface area contributed by atoms with Crippen LogP contribution in [0.4, 0.5) is 0 Å². The maximum atomic E-state index is 5.52. The second-order valence-corrected chi connectivity index (χ2v) is 4.26. The van der Waals surface area contributed by atoms with Crippen LogP contribution in [0.25, 0.3) is 5.69 Å². The predicted molar refractivity (Wildman–Crippen MR) is 63.9 cm³/mol. The lowest BCUT2D eigenvalue weighted by Gasteiger charge is -2.05. The van der Waals surface area contributed by atoms with Gasteiger partial charge in [-0.3, -0.25) is 0 Å². The summed E-state index contributed by atoms with van der Waals surface area (Å²) in [4.78, 5) is 0. The summed E-state index contributed by atoms with van der Waals surface area (Å²) in [5.41, 5.74) is 8.66. The molecule has 0 radical (unpaired) electrons. The summed E-state index contributed by atoms with van der Waals surface area (Å²) in [6.07, 6.45) is 1.92. The molecule has 2 aromatic rings. The van der Waals surface area contributed by atoms with E-state index < -0.39 is 0 Å². The van der Waals surface area contributed by atoms with Crippen molar-refractivity contribution in [3.63, 3.8) is 0 Å².